The van der Waals surface area contributed by atoms with Crippen molar-refractivity contribution in [3.63, 3.8) is 0 Å². The lowest BCUT2D eigenvalue weighted by atomic mass is 10.3. The molecule has 1 heterocycles. The Morgan fingerprint density at radius 2 is 2.33 bits per heavy atom. The van der Waals surface area contributed by atoms with E-state index in [-0.39, 0.29) is 18.4 Å². The number of hydrogen-bond donors (Lipinski definition) is 2. The van der Waals surface area contributed by atoms with Crippen molar-refractivity contribution in [2.75, 3.05) is 0 Å². The predicted octanol–water partition coefficient (Wildman–Crippen LogP) is 0.553. The molecule has 0 unspecified atom stereocenters. The maximum atomic E-state index is 8.40. The monoisotopic (exact) mass is 210 g/mol. The van der Waals surface area contributed by atoms with Crippen LogP contribution in [-0.2, 0) is 6.42 Å². The average Bonchev–Trinajstić information content (AvgIpc) is 2.17. The van der Waals surface area contributed by atoms with Gasteiger partial charge in [-0.05, 0) is 13.8 Å². The van der Waals surface area contributed by atoms with Crippen molar-refractivity contribution in [1.82, 2.24) is 9.97 Å². The van der Waals surface area contributed by atoms with Crippen LogP contribution in [0.2, 0.25) is 0 Å². The fourth-order valence-electron chi connectivity index (χ4n) is 1.00. The number of hydrogen-bond acceptors (Lipinski definition) is 5. The molecule has 0 aliphatic heterocycles. The smallest absolute Gasteiger partial charge is 0.216 e. The third kappa shape index (κ3) is 3.80. The minimum atomic E-state index is 0.0524. The number of aromatic nitrogens is 2. The molecule has 3 N–H and O–H groups in total. The van der Waals surface area contributed by atoms with E-state index in [1.807, 2.05) is 13.8 Å². The van der Waals surface area contributed by atoms with Crippen LogP contribution in [0.3, 0.4) is 0 Å². The topological polar surface area (TPSA) is 93.6 Å². The Kier molecular flexibility index (Phi) is 3.84. The van der Waals surface area contributed by atoms with Crippen LogP contribution >= 0.6 is 0 Å². The van der Waals surface area contributed by atoms with Gasteiger partial charge in [0, 0.05) is 6.07 Å². The van der Waals surface area contributed by atoms with Crippen LogP contribution in [0.1, 0.15) is 19.5 Å². The Balaban J connectivity index is 2.74. The molecule has 0 amide bonds. The van der Waals surface area contributed by atoms with E-state index >= 15 is 0 Å². The standard InChI is InChI=1S/C9H14N4O2/c1-6(2)15-9-4-7(11-5-12-9)3-8(10)13-14/h4-6,14H,3H2,1-2H3,(H2,10,13). The van der Waals surface area contributed by atoms with E-state index in [1.165, 1.54) is 6.33 Å². The van der Waals surface area contributed by atoms with Gasteiger partial charge in [-0.3, -0.25) is 0 Å². The van der Waals surface area contributed by atoms with Crippen molar-refractivity contribution < 1.29 is 9.94 Å². The molecule has 0 spiro atoms. The van der Waals surface area contributed by atoms with Crippen LogP contribution in [0.4, 0.5) is 0 Å². The van der Waals surface area contributed by atoms with Gasteiger partial charge in [0.15, 0.2) is 0 Å². The second kappa shape index (κ2) is 5.14. The lowest BCUT2D eigenvalue weighted by Crippen LogP contribution is -2.16. The van der Waals surface area contributed by atoms with Gasteiger partial charge in [0.25, 0.3) is 0 Å². The molecule has 1 rings (SSSR count). The van der Waals surface area contributed by atoms with Crippen LogP contribution < -0.4 is 10.5 Å². The fourth-order valence-corrected chi connectivity index (χ4v) is 1.00. The summed E-state index contributed by atoms with van der Waals surface area (Å²) < 4.78 is 5.38. The highest BCUT2D eigenvalue weighted by molar-refractivity contribution is 5.81. The highest BCUT2D eigenvalue weighted by Gasteiger charge is 2.03. The summed E-state index contributed by atoms with van der Waals surface area (Å²) in [6, 6.07) is 1.66. The number of oxime groups is 1. The Morgan fingerprint density at radius 3 is 2.93 bits per heavy atom. The highest BCUT2D eigenvalue weighted by atomic mass is 16.5. The van der Waals surface area contributed by atoms with Crippen LogP contribution in [0, 0.1) is 0 Å². The molecule has 0 radical (unpaired) electrons. The molecule has 0 saturated carbocycles. The maximum absolute atomic E-state index is 8.40. The van der Waals surface area contributed by atoms with Crippen molar-refractivity contribution in [1.29, 1.82) is 0 Å². The molecule has 0 aliphatic rings. The van der Waals surface area contributed by atoms with Gasteiger partial charge in [-0.2, -0.15) is 0 Å². The SMILES string of the molecule is CC(C)Oc1cc(C/C(N)=N/O)ncn1. The molecule has 82 valence electrons. The van der Waals surface area contributed by atoms with Crippen molar-refractivity contribution in [3.8, 4) is 5.88 Å². The van der Waals surface area contributed by atoms with Gasteiger partial charge in [-0.15, -0.1) is 0 Å². The lowest BCUT2D eigenvalue weighted by Gasteiger charge is -2.08. The summed E-state index contributed by atoms with van der Waals surface area (Å²) in [5.41, 5.74) is 6.00. The van der Waals surface area contributed by atoms with E-state index in [9.17, 15) is 0 Å². The van der Waals surface area contributed by atoms with Crippen molar-refractivity contribution >= 4 is 5.84 Å². The van der Waals surface area contributed by atoms with Crippen LogP contribution in [0.5, 0.6) is 5.88 Å². The normalized spacial score (nSPS) is 11.8. The van der Waals surface area contributed by atoms with E-state index < -0.39 is 0 Å². The van der Waals surface area contributed by atoms with E-state index in [0.717, 1.165) is 0 Å². The zero-order valence-electron chi connectivity index (χ0n) is 8.71. The Morgan fingerprint density at radius 1 is 1.60 bits per heavy atom. The van der Waals surface area contributed by atoms with Crippen molar-refractivity contribution in [3.05, 3.63) is 18.1 Å². The van der Waals surface area contributed by atoms with Gasteiger partial charge in [0.1, 0.15) is 12.2 Å². The summed E-state index contributed by atoms with van der Waals surface area (Å²) in [6.07, 6.45) is 1.71. The van der Waals surface area contributed by atoms with Gasteiger partial charge in [-0.1, -0.05) is 5.16 Å². The summed E-state index contributed by atoms with van der Waals surface area (Å²) in [7, 11) is 0. The van der Waals surface area contributed by atoms with Crippen LogP contribution in [0.15, 0.2) is 17.5 Å². The fraction of sp³-hybridized carbons (Fsp3) is 0.444. The summed E-state index contributed by atoms with van der Waals surface area (Å²) in [4.78, 5) is 7.91. The largest absolute Gasteiger partial charge is 0.475 e. The van der Waals surface area contributed by atoms with Gasteiger partial charge in [-0.25, -0.2) is 9.97 Å². The molecule has 1 aromatic heterocycles. The lowest BCUT2D eigenvalue weighted by molar-refractivity contribution is 0.232. The summed E-state index contributed by atoms with van der Waals surface area (Å²) >= 11 is 0. The zero-order chi connectivity index (χ0) is 11.3. The molecule has 6 heteroatoms. The quantitative estimate of drug-likeness (QED) is 0.327. The summed E-state index contributed by atoms with van der Waals surface area (Å²) in [6.45, 7) is 3.82. The minimum absolute atomic E-state index is 0.0524. The first-order valence-electron chi connectivity index (χ1n) is 4.55. The van der Waals surface area contributed by atoms with Crippen molar-refractivity contribution in [2.45, 2.75) is 26.4 Å². The number of amidine groups is 1. The van der Waals surface area contributed by atoms with Crippen molar-refractivity contribution in [2.24, 2.45) is 10.9 Å². The van der Waals surface area contributed by atoms with Gasteiger partial charge in [0.05, 0.1) is 18.2 Å². The third-order valence-corrected chi connectivity index (χ3v) is 1.55. The van der Waals surface area contributed by atoms with E-state index in [0.29, 0.717) is 11.6 Å². The van der Waals surface area contributed by atoms with Gasteiger partial charge in [0.2, 0.25) is 5.88 Å². The molecule has 6 nitrogen and oxygen atoms in total. The second-order valence-electron chi connectivity index (χ2n) is 3.28. The van der Waals surface area contributed by atoms with E-state index in [4.69, 9.17) is 15.7 Å². The first-order chi connectivity index (χ1) is 7.11. The molecule has 0 aliphatic carbocycles. The van der Waals surface area contributed by atoms with Crippen LogP contribution in [-0.4, -0.2) is 27.1 Å². The Hall–Kier alpha value is -1.85. The van der Waals surface area contributed by atoms with E-state index in [2.05, 4.69) is 15.1 Å². The number of rotatable bonds is 4. The number of nitrogens with two attached hydrogens (primary N) is 1. The van der Waals surface area contributed by atoms with Gasteiger partial charge >= 0.3 is 0 Å². The Labute approximate surface area is 87.8 Å². The Bertz CT molecular complexity index is 352. The molecule has 0 saturated heterocycles. The molecule has 0 bridgehead atoms. The second-order valence-corrected chi connectivity index (χ2v) is 3.28. The predicted molar refractivity (Wildman–Crippen MR) is 54.9 cm³/mol. The number of ether oxygens (including phenoxy) is 1. The molecule has 1 aromatic rings. The molecular formula is C9H14N4O2. The zero-order valence-corrected chi connectivity index (χ0v) is 8.71. The van der Waals surface area contributed by atoms with Crippen LogP contribution in [0.25, 0.3) is 0 Å². The highest BCUT2D eigenvalue weighted by Crippen LogP contribution is 2.09. The minimum Gasteiger partial charge on any atom is -0.475 e. The number of nitrogens with zero attached hydrogens (tertiary/aromatic N) is 3. The van der Waals surface area contributed by atoms with E-state index in [1.54, 1.807) is 6.07 Å². The maximum Gasteiger partial charge on any atom is 0.216 e. The molecule has 15 heavy (non-hydrogen) atoms. The first-order valence-corrected chi connectivity index (χ1v) is 4.55. The molecule has 0 atom stereocenters. The molecular weight excluding hydrogens is 196 g/mol. The summed E-state index contributed by atoms with van der Waals surface area (Å²) in [5.74, 6) is 0.588. The van der Waals surface area contributed by atoms with Gasteiger partial charge < -0.3 is 15.7 Å². The average molecular weight is 210 g/mol. The third-order valence-electron chi connectivity index (χ3n) is 1.55. The summed E-state index contributed by atoms with van der Waals surface area (Å²) in [5, 5.41) is 11.3. The first kappa shape index (κ1) is 11.2. The molecule has 0 aromatic carbocycles. The molecule has 0 fully saturated rings.